The number of ether oxygens (including phenoxy) is 1. The van der Waals surface area contributed by atoms with Gasteiger partial charge in [0.05, 0.1) is 11.6 Å². The largest absolute Gasteiger partial charge is 0.367 e. The van der Waals surface area contributed by atoms with Crippen molar-refractivity contribution in [2.45, 2.75) is 11.5 Å². The molecule has 2 aromatic carbocycles. The summed E-state index contributed by atoms with van der Waals surface area (Å²) in [6.45, 7) is 1.19. The molecule has 1 aliphatic rings. The van der Waals surface area contributed by atoms with Crippen molar-refractivity contribution in [2.24, 2.45) is 0 Å². The third-order valence-corrected chi connectivity index (χ3v) is 7.25. The molecule has 0 spiro atoms. The first-order valence-electron chi connectivity index (χ1n) is 8.73. The molecule has 6 nitrogen and oxygen atoms in total. The molecule has 0 bridgehead atoms. The first-order chi connectivity index (χ1) is 13.4. The van der Waals surface area contributed by atoms with Crippen LogP contribution in [0.2, 0.25) is 10.0 Å². The van der Waals surface area contributed by atoms with Crippen molar-refractivity contribution in [1.82, 2.24) is 9.21 Å². The molecular weight excluding hydrogens is 423 g/mol. The summed E-state index contributed by atoms with van der Waals surface area (Å²) in [5.74, 6) is -0.179. The second-order valence-corrected chi connectivity index (χ2v) is 9.02. The smallest absolute Gasteiger partial charge is 0.248 e. The van der Waals surface area contributed by atoms with Crippen LogP contribution >= 0.6 is 23.2 Å². The van der Waals surface area contributed by atoms with E-state index in [4.69, 9.17) is 27.9 Å². The highest BCUT2D eigenvalue weighted by molar-refractivity contribution is 7.89. The first kappa shape index (κ1) is 21.1. The molecule has 0 radical (unpaired) electrons. The third kappa shape index (κ3) is 4.85. The van der Waals surface area contributed by atoms with Gasteiger partial charge in [0, 0.05) is 31.2 Å². The normalized spacial score (nSPS) is 15.6. The van der Waals surface area contributed by atoms with Crippen molar-refractivity contribution in [3.8, 4) is 0 Å². The second-order valence-electron chi connectivity index (χ2n) is 6.30. The van der Waals surface area contributed by atoms with E-state index in [0.29, 0.717) is 18.1 Å². The molecule has 0 atom stereocenters. The van der Waals surface area contributed by atoms with Crippen LogP contribution < -0.4 is 0 Å². The maximum atomic E-state index is 12.7. The van der Waals surface area contributed by atoms with Crippen LogP contribution in [0.15, 0.2) is 53.4 Å². The fourth-order valence-corrected chi connectivity index (χ4v) is 5.03. The zero-order valence-electron chi connectivity index (χ0n) is 15.1. The first-order valence-corrected chi connectivity index (χ1v) is 10.9. The summed E-state index contributed by atoms with van der Waals surface area (Å²) in [5.41, 5.74) is 0.813. The van der Waals surface area contributed by atoms with Gasteiger partial charge in [-0.2, -0.15) is 4.31 Å². The maximum Gasteiger partial charge on any atom is 0.248 e. The van der Waals surface area contributed by atoms with Gasteiger partial charge in [0.25, 0.3) is 0 Å². The van der Waals surface area contributed by atoms with Crippen LogP contribution in [0.4, 0.5) is 0 Å². The summed E-state index contributed by atoms with van der Waals surface area (Å²) in [6.07, 6.45) is 0. The van der Waals surface area contributed by atoms with Gasteiger partial charge in [0.15, 0.2) is 0 Å². The van der Waals surface area contributed by atoms with Gasteiger partial charge < -0.3 is 9.64 Å². The Labute approximate surface area is 174 Å². The fourth-order valence-electron chi connectivity index (χ4n) is 2.93. The van der Waals surface area contributed by atoms with Gasteiger partial charge >= 0.3 is 0 Å². The maximum absolute atomic E-state index is 12.7. The van der Waals surface area contributed by atoms with E-state index < -0.39 is 10.0 Å². The number of carbonyl (C=O) groups excluding carboxylic acids is 1. The van der Waals surface area contributed by atoms with E-state index >= 15 is 0 Å². The molecule has 150 valence electrons. The Morgan fingerprint density at radius 2 is 1.54 bits per heavy atom. The molecule has 9 heteroatoms. The van der Waals surface area contributed by atoms with Crippen LogP contribution in [0.5, 0.6) is 0 Å². The third-order valence-electron chi connectivity index (χ3n) is 4.49. The number of carbonyl (C=O) groups is 1. The van der Waals surface area contributed by atoms with E-state index in [9.17, 15) is 13.2 Å². The summed E-state index contributed by atoms with van der Waals surface area (Å²) >= 11 is 12.1. The Morgan fingerprint density at radius 3 is 2.18 bits per heavy atom. The minimum absolute atomic E-state index is 0.0809. The standard InChI is InChI=1S/C19H20Cl2N2O4S/c20-16-6-2-1-5-15(16)13-27-14-19(24)22-9-11-23(12-10-22)28(25,26)18-8-4-3-7-17(18)21/h1-8H,9-14H2. The molecule has 0 saturated carbocycles. The molecule has 0 unspecified atom stereocenters. The van der Waals surface area contributed by atoms with Gasteiger partial charge in [0.2, 0.25) is 15.9 Å². The van der Waals surface area contributed by atoms with Gasteiger partial charge in [-0.1, -0.05) is 53.5 Å². The van der Waals surface area contributed by atoms with Crippen LogP contribution in [-0.2, 0) is 26.2 Å². The van der Waals surface area contributed by atoms with E-state index in [1.54, 1.807) is 29.2 Å². The van der Waals surface area contributed by atoms with Crippen LogP contribution in [0.25, 0.3) is 0 Å². The van der Waals surface area contributed by atoms with Crippen LogP contribution in [-0.4, -0.2) is 56.3 Å². The number of halogens is 2. The van der Waals surface area contributed by atoms with E-state index in [-0.39, 0.29) is 42.1 Å². The minimum atomic E-state index is -3.68. The Bertz CT molecular complexity index is 944. The SMILES string of the molecule is O=C(COCc1ccccc1Cl)N1CCN(S(=O)(=O)c2ccccc2Cl)CC1. The van der Waals surface area contributed by atoms with Gasteiger partial charge in [-0.3, -0.25) is 4.79 Å². The summed E-state index contributed by atoms with van der Waals surface area (Å²) in [6, 6.07) is 13.6. The van der Waals surface area contributed by atoms with Crippen molar-refractivity contribution < 1.29 is 17.9 Å². The van der Waals surface area contributed by atoms with Gasteiger partial charge in [-0.05, 0) is 23.8 Å². The van der Waals surface area contributed by atoms with Crippen molar-refractivity contribution in [3.63, 3.8) is 0 Å². The van der Waals surface area contributed by atoms with E-state index in [0.717, 1.165) is 5.56 Å². The Kier molecular flexibility index (Phi) is 6.95. The Morgan fingerprint density at radius 1 is 0.929 bits per heavy atom. The molecule has 1 fully saturated rings. The topological polar surface area (TPSA) is 66.9 Å². The van der Waals surface area contributed by atoms with Crippen molar-refractivity contribution in [2.75, 3.05) is 32.8 Å². The molecule has 0 N–H and O–H groups in total. The summed E-state index contributed by atoms with van der Waals surface area (Å²) < 4.78 is 32.3. The highest BCUT2D eigenvalue weighted by atomic mass is 35.5. The summed E-state index contributed by atoms with van der Waals surface area (Å²) in [5, 5.41) is 0.780. The number of amides is 1. The zero-order chi connectivity index (χ0) is 20.1. The fraction of sp³-hybridized carbons (Fsp3) is 0.316. The average Bonchev–Trinajstić information content (AvgIpc) is 2.69. The molecule has 3 rings (SSSR count). The van der Waals surface area contributed by atoms with Crippen LogP contribution in [0.3, 0.4) is 0 Å². The van der Waals surface area contributed by atoms with E-state index in [1.807, 2.05) is 18.2 Å². The Balaban J connectivity index is 1.51. The number of piperazine rings is 1. The van der Waals surface area contributed by atoms with Crippen molar-refractivity contribution >= 4 is 39.1 Å². The van der Waals surface area contributed by atoms with Gasteiger partial charge in [-0.15, -0.1) is 0 Å². The number of rotatable bonds is 6. The monoisotopic (exact) mass is 442 g/mol. The molecule has 1 amide bonds. The Hall–Kier alpha value is -1.64. The molecule has 1 aliphatic heterocycles. The number of nitrogens with zero attached hydrogens (tertiary/aromatic N) is 2. The molecule has 1 heterocycles. The predicted octanol–water partition coefficient (Wildman–Crippen LogP) is 3.04. The molecule has 1 saturated heterocycles. The number of hydrogen-bond acceptors (Lipinski definition) is 4. The number of sulfonamides is 1. The summed E-state index contributed by atoms with van der Waals surface area (Å²) in [4.78, 5) is 14.0. The van der Waals surface area contributed by atoms with Gasteiger partial charge in [0.1, 0.15) is 11.5 Å². The molecular formula is C19H20Cl2N2O4S. The second kappa shape index (κ2) is 9.24. The lowest BCUT2D eigenvalue weighted by molar-refractivity contribution is -0.137. The number of benzene rings is 2. The molecule has 0 aromatic heterocycles. The molecule has 28 heavy (non-hydrogen) atoms. The lowest BCUT2D eigenvalue weighted by Crippen LogP contribution is -2.51. The average molecular weight is 443 g/mol. The van der Waals surface area contributed by atoms with Crippen LogP contribution in [0.1, 0.15) is 5.56 Å². The van der Waals surface area contributed by atoms with Crippen molar-refractivity contribution in [1.29, 1.82) is 0 Å². The lowest BCUT2D eigenvalue weighted by Gasteiger charge is -2.34. The van der Waals surface area contributed by atoms with Gasteiger partial charge in [-0.25, -0.2) is 8.42 Å². The highest BCUT2D eigenvalue weighted by Gasteiger charge is 2.31. The zero-order valence-corrected chi connectivity index (χ0v) is 17.4. The van der Waals surface area contributed by atoms with Crippen molar-refractivity contribution in [3.05, 3.63) is 64.1 Å². The predicted molar refractivity (Wildman–Crippen MR) is 108 cm³/mol. The minimum Gasteiger partial charge on any atom is -0.367 e. The van der Waals surface area contributed by atoms with E-state index in [1.165, 1.54) is 10.4 Å². The molecule has 2 aromatic rings. The van der Waals surface area contributed by atoms with E-state index in [2.05, 4.69) is 0 Å². The molecule has 0 aliphatic carbocycles. The number of hydrogen-bond donors (Lipinski definition) is 0. The summed E-state index contributed by atoms with van der Waals surface area (Å²) in [7, 11) is -3.68. The highest BCUT2D eigenvalue weighted by Crippen LogP contribution is 2.25. The van der Waals surface area contributed by atoms with Crippen LogP contribution in [0, 0.1) is 0 Å². The lowest BCUT2D eigenvalue weighted by atomic mass is 10.2. The quantitative estimate of drug-likeness (QED) is 0.689.